The highest BCUT2D eigenvalue weighted by molar-refractivity contribution is 6.30. The van der Waals surface area contributed by atoms with E-state index in [1.54, 1.807) is 48.5 Å². The number of aliphatic hydroxyl groups is 1. The topological polar surface area (TPSA) is 52.6 Å². The second-order valence-corrected chi connectivity index (χ2v) is 7.73. The first-order chi connectivity index (χ1) is 13.4. The fraction of sp³-hybridized carbons (Fsp3) is 0.409. The van der Waals surface area contributed by atoms with Crippen LogP contribution in [0.15, 0.2) is 48.5 Å². The summed E-state index contributed by atoms with van der Waals surface area (Å²) in [6, 6.07) is 13.3. The van der Waals surface area contributed by atoms with Gasteiger partial charge in [-0.25, -0.2) is 5.01 Å². The highest BCUT2D eigenvalue weighted by atomic mass is 35.5. The van der Waals surface area contributed by atoms with Gasteiger partial charge in [0.25, 0.3) is 5.91 Å². The van der Waals surface area contributed by atoms with E-state index in [0.717, 1.165) is 38.8 Å². The van der Waals surface area contributed by atoms with Crippen molar-refractivity contribution in [1.82, 2.24) is 10.4 Å². The van der Waals surface area contributed by atoms with Crippen LogP contribution >= 0.6 is 23.2 Å². The van der Waals surface area contributed by atoms with Gasteiger partial charge in [-0.2, -0.15) is 0 Å². The first-order valence-corrected chi connectivity index (χ1v) is 10.5. The molecule has 28 heavy (non-hydrogen) atoms. The van der Waals surface area contributed by atoms with Gasteiger partial charge >= 0.3 is 0 Å². The number of carbonyl (C=O) groups excluding carboxylic acids is 1. The van der Waals surface area contributed by atoms with E-state index in [1.807, 2.05) is 5.01 Å². The average molecular weight is 423 g/mol. The summed E-state index contributed by atoms with van der Waals surface area (Å²) in [4.78, 5) is 13.3. The van der Waals surface area contributed by atoms with E-state index in [2.05, 4.69) is 19.3 Å². The van der Waals surface area contributed by atoms with Gasteiger partial charge in [0.15, 0.2) is 5.60 Å². The fourth-order valence-corrected chi connectivity index (χ4v) is 3.21. The lowest BCUT2D eigenvalue weighted by Crippen LogP contribution is -2.52. The highest BCUT2D eigenvalue weighted by Gasteiger charge is 2.40. The number of carbonyl (C=O) groups is 1. The van der Waals surface area contributed by atoms with Crippen LogP contribution in [0, 0.1) is 0 Å². The minimum Gasteiger partial charge on any atom is -0.372 e. The number of rotatable bonds is 10. The predicted octanol–water partition coefficient (Wildman–Crippen LogP) is 5.16. The van der Waals surface area contributed by atoms with Crippen LogP contribution in [0.2, 0.25) is 10.0 Å². The monoisotopic (exact) mass is 422 g/mol. The Balaban J connectivity index is 2.38. The van der Waals surface area contributed by atoms with Crippen molar-refractivity contribution in [2.75, 3.05) is 13.1 Å². The molecular weight excluding hydrogens is 395 g/mol. The maximum Gasteiger partial charge on any atom is 0.275 e. The molecule has 2 N–H and O–H groups in total. The van der Waals surface area contributed by atoms with Gasteiger partial charge < -0.3 is 5.11 Å². The standard InChI is InChI=1S/C22H28Cl2N2O2/c1-3-5-15-26(16-6-4-2)25-21(27)22(28,17-7-11-19(23)12-8-17)18-9-13-20(24)14-10-18/h7-14,28H,3-6,15-16H2,1-2H3,(H,25,27). The number of hydrogen-bond donors (Lipinski definition) is 2. The van der Waals surface area contributed by atoms with Gasteiger partial charge in [-0.05, 0) is 48.2 Å². The van der Waals surface area contributed by atoms with Gasteiger partial charge in [0.05, 0.1) is 0 Å². The van der Waals surface area contributed by atoms with Crippen molar-refractivity contribution in [1.29, 1.82) is 0 Å². The Bertz CT molecular complexity index is 695. The summed E-state index contributed by atoms with van der Waals surface area (Å²) in [5.74, 6) is -0.496. The number of nitrogens with one attached hydrogen (secondary N) is 1. The third kappa shape index (κ3) is 5.71. The number of hydrazine groups is 1. The molecule has 0 spiro atoms. The molecule has 0 heterocycles. The maximum absolute atomic E-state index is 13.3. The fourth-order valence-electron chi connectivity index (χ4n) is 2.96. The molecule has 4 nitrogen and oxygen atoms in total. The van der Waals surface area contributed by atoms with E-state index in [1.165, 1.54) is 0 Å². The smallest absolute Gasteiger partial charge is 0.275 e. The Morgan fingerprint density at radius 1 is 0.893 bits per heavy atom. The van der Waals surface area contributed by atoms with Gasteiger partial charge in [-0.15, -0.1) is 0 Å². The van der Waals surface area contributed by atoms with Gasteiger partial charge in [0.2, 0.25) is 0 Å². The second-order valence-electron chi connectivity index (χ2n) is 6.86. The van der Waals surface area contributed by atoms with Gasteiger partial charge in [0.1, 0.15) is 0 Å². The lowest BCUT2D eigenvalue weighted by Gasteiger charge is -2.32. The number of halogens is 2. The Morgan fingerprint density at radius 2 is 1.29 bits per heavy atom. The molecule has 0 bridgehead atoms. The van der Waals surface area contributed by atoms with Crippen LogP contribution < -0.4 is 5.43 Å². The minimum absolute atomic E-state index is 0.447. The first-order valence-electron chi connectivity index (χ1n) is 9.72. The molecule has 0 unspecified atom stereocenters. The zero-order chi connectivity index (χ0) is 20.6. The normalized spacial score (nSPS) is 11.6. The molecule has 0 saturated carbocycles. The van der Waals surface area contributed by atoms with Crippen LogP contribution in [0.4, 0.5) is 0 Å². The van der Waals surface area contributed by atoms with E-state index in [9.17, 15) is 9.90 Å². The summed E-state index contributed by atoms with van der Waals surface area (Å²) in [5, 5.41) is 14.5. The van der Waals surface area contributed by atoms with Crippen LogP contribution in [-0.2, 0) is 10.4 Å². The van der Waals surface area contributed by atoms with Gasteiger partial charge in [0, 0.05) is 23.1 Å². The molecular formula is C22H28Cl2N2O2. The van der Waals surface area contributed by atoms with Gasteiger partial charge in [-0.3, -0.25) is 10.2 Å². The molecule has 152 valence electrons. The van der Waals surface area contributed by atoms with Crippen LogP contribution in [-0.4, -0.2) is 29.1 Å². The number of hydrogen-bond acceptors (Lipinski definition) is 3. The summed E-state index contributed by atoms with van der Waals surface area (Å²) in [6.07, 6.45) is 3.98. The largest absolute Gasteiger partial charge is 0.372 e. The zero-order valence-electron chi connectivity index (χ0n) is 16.4. The van der Waals surface area contributed by atoms with E-state index >= 15 is 0 Å². The molecule has 6 heteroatoms. The van der Waals surface area contributed by atoms with Crippen molar-refractivity contribution in [3.8, 4) is 0 Å². The molecule has 0 aliphatic carbocycles. The Labute approximate surface area is 177 Å². The third-order valence-corrected chi connectivity index (χ3v) is 5.18. The first kappa shape index (κ1) is 22.7. The summed E-state index contributed by atoms with van der Waals surface area (Å²) in [7, 11) is 0. The molecule has 0 radical (unpaired) electrons. The van der Waals surface area contributed by atoms with Crippen molar-refractivity contribution in [3.63, 3.8) is 0 Å². The lowest BCUT2D eigenvalue weighted by atomic mass is 9.85. The number of unbranched alkanes of at least 4 members (excludes halogenated alkanes) is 2. The van der Waals surface area contributed by atoms with Crippen molar-refractivity contribution in [2.24, 2.45) is 0 Å². The molecule has 0 aliphatic rings. The summed E-state index contributed by atoms with van der Waals surface area (Å²) < 4.78 is 0. The molecule has 2 aromatic carbocycles. The number of amides is 1. The molecule has 0 aromatic heterocycles. The molecule has 1 amide bonds. The molecule has 0 fully saturated rings. The lowest BCUT2D eigenvalue weighted by molar-refractivity contribution is -0.142. The summed E-state index contributed by atoms with van der Waals surface area (Å²) in [6.45, 7) is 5.69. The minimum atomic E-state index is -1.86. The van der Waals surface area contributed by atoms with Crippen LogP contribution in [0.3, 0.4) is 0 Å². The van der Waals surface area contributed by atoms with Crippen LogP contribution in [0.25, 0.3) is 0 Å². The van der Waals surface area contributed by atoms with Gasteiger partial charge in [-0.1, -0.05) is 74.2 Å². The number of nitrogens with zero attached hydrogens (tertiary/aromatic N) is 1. The van der Waals surface area contributed by atoms with Crippen molar-refractivity contribution < 1.29 is 9.90 Å². The van der Waals surface area contributed by atoms with E-state index < -0.39 is 11.5 Å². The SMILES string of the molecule is CCCCN(CCCC)NC(=O)C(O)(c1ccc(Cl)cc1)c1ccc(Cl)cc1. The molecule has 0 atom stereocenters. The zero-order valence-corrected chi connectivity index (χ0v) is 17.9. The van der Waals surface area contributed by atoms with Crippen molar-refractivity contribution in [3.05, 3.63) is 69.7 Å². The highest BCUT2D eigenvalue weighted by Crippen LogP contribution is 2.32. The average Bonchev–Trinajstić information content (AvgIpc) is 2.70. The summed E-state index contributed by atoms with van der Waals surface area (Å²) >= 11 is 12.0. The second kappa shape index (κ2) is 10.8. The Kier molecular flexibility index (Phi) is 8.77. The quantitative estimate of drug-likeness (QED) is 0.519. The van der Waals surface area contributed by atoms with E-state index in [0.29, 0.717) is 21.2 Å². The maximum atomic E-state index is 13.3. The van der Waals surface area contributed by atoms with Crippen molar-refractivity contribution in [2.45, 2.75) is 45.1 Å². The third-order valence-electron chi connectivity index (χ3n) is 4.68. The molecule has 2 rings (SSSR count). The van der Waals surface area contributed by atoms with E-state index in [4.69, 9.17) is 23.2 Å². The Hall–Kier alpha value is -1.59. The van der Waals surface area contributed by atoms with Crippen LogP contribution in [0.1, 0.15) is 50.7 Å². The van der Waals surface area contributed by atoms with Crippen LogP contribution in [0.5, 0.6) is 0 Å². The predicted molar refractivity (Wildman–Crippen MR) is 115 cm³/mol. The Morgan fingerprint density at radius 3 is 1.64 bits per heavy atom. The molecule has 0 aliphatic heterocycles. The number of benzene rings is 2. The van der Waals surface area contributed by atoms with E-state index in [-0.39, 0.29) is 0 Å². The van der Waals surface area contributed by atoms with Crippen molar-refractivity contribution >= 4 is 29.1 Å². The molecule has 2 aromatic rings. The molecule has 0 saturated heterocycles. The summed E-state index contributed by atoms with van der Waals surface area (Å²) in [5.41, 5.74) is 1.97.